The van der Waals surface area contributed by atoms with Crippen LogP contribution in [-0.4, -0.2) is 18.8 Å². The lowest BCUT2D eigenvalue weighted by Crippen LogP contribution is -2.42. The highest BCUT2D eigenvalue weighted by Gasteiger charge is 2.46. The molecule has 0 heterocycles. The van der Waals surface area contributed by atoms with Crippen LogP contribution in [0.1, 0.15) is 74.7 Å². The van der Waals surface area contributed by atoms with Crippen LogP contribution in [0.4, 0.5) is 4.39 Å². The maximum absolute atomic E-state index is 15.3. The van der Waals surface area contributed by atoms with E-state index in [9.17, 15) is 0 Å². The topological polar surface area (TPSA) is 12.0 Å². The molecule has 1 N–H and O–H groups in total. The summed E-state index contributed by atoms with van der Waals surface area (Å²) in [5.74, 6) is 1.54. The molecule has 0 fully saturated rings. The summed E-state index contributed by atoms with van der Waals surface area (Å²) in [4.78, 5) is 0. The van der Waals surface area contributed by atoms with Crippen molar-refractivity contribution >= 4 is 0 Å². The first-order valence-corrected chi connectivity index (χ1v) is 11.5. The van der Waals surface area contributed by atoms with E-state index in [1.54, 1.807) is 13.8 Å². The van der Waals surface area contributed by atoms with Gasteiger partial charge in [0.05, 0.1) is 0 Å². The maximum Gasteiger partial charge on any atom is 0.114 e. The number of hydrogen-bond donors (Lipinski definition) is 1. The molecular weight excluding hydrogens is 357 g/mol. The third-order valence-electron chi connectivity index (χ3n) is 6.83. The molecule has 0 radical (unpaired) electrons. The zero-order valence-electron chi connectivity index (χ0n) is 20.1. The molecule has 4 atom stereocenters. The van der Waals surface area contributed by atoms with E-state index < -0.39 is 11.1 Å². The second-order valence-corrected chi connectivity index (χ2v) is 11.2. The third-order valence-corrected chi connectivity index (χ3v) is 6.83. The molecular formula is C27H44FN. The number of halogens is 1. The third kappa shape index (κ3) is 6.17. The van der Waals surface area contributed by atoms with Crippen LogP contribution in [0.3, 0.4) is 0 Å². The van der Waals surface area contributed by atoms with Gasteiger partial charge in [-0.3, -0.25) is 0 Å². The normalized spacial score (nSPS) is 27.4. The van der Waals surface area contributed by atoms with Gasteiger partial charge in [0.2, 0.25) is 0 Å². The number of rotatable bonds is 8. The van der Waals surface area contributed by atoms with Gasteiger partial charge in [0.1, 0.15) is 5.67 Å². The lowest BCUT2D eigenvalue weighted by molar-refractivity contribution is 0.0348. The first-order valence-electron chi connectivity index (χ1n) is 11.5. The van der Waals surface area contributed by atoms with Crippen molar-refractivity contribution in [3.8, 4) is 0 Å². The van der Waals surface area contributed by atoms with Crippen LogP contribution in [-0.2, 0) is 0 Å². The zero-order valence-corrected chi connectivity index (χ0v) is 20.1. The van der Waals surface area contributed by atoms with Crippen molar-refractivity contribution in [3.63, 3.8) is 0 Å². The van der Waals surface area contributed by atoms with E-state index in [-0.39, 0.29) is 5.41 Å². The monoisotopic (exact) mass is 401 g/mol. The van der Waals surface area contributed by atoms with E-state index in [1.807, 2.05) is 0 Å². The van der Waals surface area contributed by atoms with Gasteiger partial charge in [-0.05, 0) is 74.0 Å². The molecule has 2 rings (SSSR count). The van der Waals surface area contributed by atoms with E-state index in [4.69, 9.17) is 0 Å². The minimum atomic E-state index is -1.26. The number of nitrogens with one attached hydrogen (secondary N) is 1. The van der Waals surface area contributed by atoms with Crippen LogP contribution < -0.4 is 5.32 Å². The van der Waals surface area contributed by atoms with Crippen molar-refractivity contribution < 1.29 is 4.39 Å². The molecule has 0 saturated carbocycles. The van der Waals surface area contributed by atoms with Crippen LogP contribution in [0.5, 0.6) is 0 Å². The van der Waals surface area contributed by atoms with E-state index in [2.05, 4.69) is 83.3 Å². The Morgan fingerprint density at radius 1 is 1.07 bits per heavy atom. The Kier molecular flexibility index (Phi) is 7.76. The molecule has 2 aliphatic rings. The van der Waals surface area contributed by atoms with Gasteiger partial charge in [-0.1, -0.05) is 78.0 Å². The van der Waals surface area contributed by atoms with Crippen molar-refractivity contribution in [1.82, 2.24) is 5.32 Å². The van der Waals surface area contributed by atoms with Gasteiger partial charge in [0.25, 0.3) is 0 Å². The molecule has 2 aliphatic carbocycles. The highest BCUT2D eigenvalue weighted by atomic mass is 19.1. The van der Waals surface area contributed by atoms with Gasteiger partial charge < -0.3 is 5.32 Å². The quantitative estimate of drug-likeness (QED) is 0.417. The molecule has 164 valence electrons. The van der Waals surface area contributed by atoms with E-state index in [0.717, 1.165) is 25.9 Å². The number of hydrogen-bond acceptors (Lipinski definition) is 1. The molecule has 29 heavy (non-hydrogen) atoms. The Balaban J connectivity index is 2.09. The second kappa shape index (κ2) is 9.33. The molecule has 0 aromatic heterocycles. The lowest BCUT2D eigenvalue weighted by Gasteiger charge is -2.45. The van der Waals surface area contributed by atoms with Crippen LogP contribution in [0.15, 0.2) is 47.6 Å². The van der Waals surface area contributed by atoms with Crippen LogP contribution >= 0.6 is 0 Å². The first kappa shape index (κ1) is 24.1. The Hall–Kier alpha value is -1.15. The average molecular weight is 402 g/mol. The second-order valence-electron chi connectivity index (χ2n) is 11.2. The van der Waals surface area contributed by atoms with Gasteiger partial charge in [-0.2, -0.15) is 0 Å². The van der Waals surface area contributed by atoms with Crippen LogP contribution in [0.25, 0.3) is 0 Å². The first-order chi connectivity index (χ1) is 13.4. The van der Waals surface area contributed by atoms with E-state index >= 15 is 4.39 Å². The highest BCUT2D eigenvalue weighted by Crippen LogP contribution is 2.50. The molecule has 0 amide bonds. The fourth-order valence-electron chi connectivity index (χ4n) is 5.02. The van der Waals surface area contributed by atoms with Crippen molar-refractivity contribution in [3.05, 3.63) is 47.6 Å². The zero-order chi connectivity index (χ0) is 21.9. The summed E-state index contributed by atoms with van der Waals surface area (Å²) in [6.07, 6.45) is 17.0. The molecule has 0 saturated heterocycles. The summed E-state index contributed by atoms with van der Waals surface area (Å²) in [5.41, 5.74) is 0.916. The van der Waals surface area contributed by atoms with Gasteiger partial charge in [-0.15, -0.1) is 0 Å². The molecule has 0 bridgehead atoms. The summed E-state index contributed by atoms with van der Waals surface area (Å²) in [6, 6.07) is 0. The predicted octanol–water partition coefficient (Wildman–Crippen LogP) is 7.43. The SMILES string of the molecule is CCCNCC1=CC(C)C(C2C=CC(C(C)(CC(C)(C)C)C(C)(C)F)=CC2)C=C1. The molecule has 0 aromatic carbocycles. The molecule has 0 spiro atoms. The lowest BCUT2D eigenvalue weighted by atomic mass is 9.61. The van der Waals surface area contributed by atoms with Gasteiger partial charge in [-0.25, -0.2) is 4.39 Å². The minimum Gasteiger partial charge on any atom is -0.313 e. The van der Waals surface area contributed by atoms with E-state index in [1.165, 1.54) is 17.6 Å². The van der Waals surface area contributed by atoms with Gasteiger partial charge in [0, 0.05) is 12.0 Å². The molecule has 0 aromatic rings. The smallest absolute Gasteiger partial charge is 0.114 e. The summed E-state index contributed by atoms with van der Waals surface area (Å²) in [7, 11) is 0. The van der Waals surface area contributed by atoms with Crippen LogP contribution in [0, 0.1) is 28.6 Å². The Morgan fingerprint density at radius 3 is 2.24 bits per heavy atom. The van der Waals surface area contributed by atoms with Crippen molar-refractivity contribution in [2.75, 3.05) is 13.1 Å². The molecule has 2 heteroatoms. The number of alkyl halides is 1. The fraction of sp³-hybridized carbons (Fsp3) is 0.704. The summed E-state index contributed by atoms with van der Waals surface area (Å²) < 4.78 is 15.3. The minimum absolute atomic E-state index is 0.0806. The summed E-state index contributed by atoms with van der Waals surface area (Å²) >= 11 is 0. The maximum atomic E-state index is 15.3. The Morgan fingerprint density at radius 2 is 1.76 bits per heavy atom. The van der Waals surface area contributed by atoms with Gasteiger partial charge >= 0.3 is 0 Å². The Labute approximate surface area is 179 Å². The molecule has 4 unspecified atom stereocenters. The van der Waals surface area contributed by atoms with E-state index in [0.29, 0.717) is 17.8 Å². The highest BCUT2D eigenvalue weighted by molar-refractivity contribution is 5.35. The number of allylic oxidation sites excluding steroid dienone is 6. The molecule has 0 aliphatic heterocycles. The van der Waals surface area contributed by atoms with Crippen molar-refractivity contribution in [1.29, 1.82) is 0 Å². The predicted molar refractivity (Wildman–Crippen MR) is 126 cm³/mol. The van der Waals surface area contributed by atoms with Crippen LogP contribution in [0.2, 0.25) is 0 Å². The molecule has 1 nitrogen and oxygen atoms in total. The van der Waals surface area contributed by atoms with Crippen molar-refractivity contribution in [2.24, 2.45) is 28.6 Å². The summed E-state index contributed by atoms with van der Waals surface area (Å²) in [5, 5.41) is 3.50. The summed E-state index contributed by atoms with van der Waals surface area (Å²) in [6.45, 7) is 18.8. The fourth-order valence-corrected chi connectivity index (χ4v) is 5.02. The largest absolute Gasteiger partial charge is 0.313 e. The standard InChI is InChI=1S/C27H44FN/c1-9-16-29-18-21-10-15-24(20(2)17-21)22-11-13-23(14-12-22)27(8,26(6,7)28)19-25(3,4)5/h10-11,13-15,17,20,22,24,29H,9,12,16,18-19H2,1-8H3. The Bertz CT molecular complexity index is 668. The average Bonchev–Trinajstić information content (AvgIpc) is 2.60. The van der Waals surface area contributed by atoms with Gasteiger partial charge in [0.15, 0.2) is 0 Å². The van der Waals surface area contributed by atoms with Crippen molar-refractivity contribution in [2.45, 2.75) is 80.3 Å².